The zero-order valence-corrected chi connectivity index (χ0v) is 11.1. The first kappa shape index (κ1) is 14.8. The van der Waals surface area contributed by atoms with Crippen LogP contribution in [-0.2, 0) is 0 Å². The number of carbonyl (C=O) groups is 1. The van der Waals surface area contributed by atoms with Gasteiger partial charge in [-0.05, 0) is 18.7 Å². The van der Waals surface area contributed by atoms with E-state index < -0.39 is 17.5 Å². The molecule has 0 aliphatic carbocycles. The van der Waals surface area contributed by atoms with Gasteiger partial charge in [0.05, 0.1) is 5.56 Å². The molecule has 0 bridgehead atoms. The minimum Gasteiger partial charge on any atom is -0.398 e. The number of nitrogens with two attached hydrogens (primary N) is 1. The van der Waals surface area contributed by atoms with Crippen LogP contribution in [0.1, 0.15) is 24.2 Å². The molecule has 3 nitrogen and oxygen atoms in total. The van der Waals surface area contributed by atoms with E-state index in [1.165, 1.54) is 0 Å². The number of hydrogen-bond acceptors (Lipinski definition) is 3. The highest BCUT2D eigenvalue weighted by Crippen LogP contribution is 2.17. The van der Waals surface area contributed by atoms with Gasteiger partial charge in [-0.15, -0.1) is 0 Å². The fourth-order valence-electron chi connectivity index (χ4n) is 1.40. The lowest BCUT2D eigenvalue weighted by atomic mass is 10.1. The Labute approximate surface area is 109 Å². The van der Waals surface area contributed by atoms with Crippen LogP contribution in [-0.4, -0.2) is 23.5 Å². The van der Waals surface area contributed by atoms with Crippen molar-refractivity contribution in [1.29, 1.82) is 0 Å². The monoisotopic (exact) mass is 274 g/mol. The molecule has 1 unspecified atom stereocenters. The van der Waals surface area contributed by atoms with E-state index in [1.807, 2.05) is 13.8 Å². The van der Waals surface area contributed by atoms with E-state index in [-0.39, 0.29) is 17.3 Å². The van der Waals surface area contributed by atoms with Crippen molar-refractivity contribution in [2.75, 3.05) is 17.2 Å². The molecule has 1 aromatic rings. The molecule has 1 rings (SSSR count). The lowest BCUT2D eigenvalue weighted by Crippen LogP contribution is -2.34. The molecule has 1 atom stereocenters. The summed E-state index contributed by atoms with van der Waals surface area (Å²) >= 11 is 1.68. The lowest BCUT2D eigenvalue weighted by Gasteiger charge is -2.14. The summed E-state index contributed by atoms with van der Waals surface area (Å²) in [4.78, 5) is 11.8. The maximum Gasteiger partial charge on any atom is 0.253 e. The molecular formula is C12H16F2N2OS. The molecule has 3 N–H and O–H groups in total. The zero-order chi connectivity index (χ0) is 13.7. The van der Waals surface area contributed by atoms with Crippen LogP contribution < -0.4 is 11.1 Å². The molecule has 0 fully saturated rings. The Morgan fingerprint density at radius 2 is 2.06 bits per heavy atom. The molecule has 0 saturated heterocycles. The van der Waals surface area contributed by atoms with Crippen LogP contribution >= 0.6 is 11.8 Å². The first-order chi connectivity index (χ1) is 8.45. The molecule has 0 spiro atoms. The average Bonchev–Trinajstić information content (AvgIpc) is 2.31. The van der Waals surface area contributed by atoms with Crippen molar-refractivity contribution in [3.8, 4) is 0 Å². The third-order valence-electron chi connectivity index (χ3n) is 2.29. The van der Waals surface area contributed by atoms with Crippen molar-refractivity contribution in [3.05, 3.63) is 29.3 Å². The molecular weight excluding hydrogens is 258 g/mol. The molecule has 0 aliphatic rings. The summed E-state index contributed by atoms with van der Waals surface area (Å²) in [6, 6.07) is 1.57. The quantitative estimate of drug-likeness (QED) is 0.811. The molecule has 0 aromatic heterocycles. The van der Waals surface area contributed by atoms with Gasteiger partial charge >= 0.3 is 0 Å². The number of nitrogens with one attached hydrogen (secondary N) is 1. The fraction of sp³-hybridized carbons (Fsp3) is 0.417. The van der Waals surface area contributed by atoms with E-state index >= 15 is 0 Å². The summed E-state index contributed by atoms with van der Waals surface area (Å²) in [6.07, 6.45) is 0. The third kappa shape index (κ3) is 3.87. The number of hydrogen-bond donors (Lipinski definition) is 2. The molecule has 0 heterocycles. The van der Waals surface area contributed by atoms with Crippen LogP contribution in [0.5, 0.6) is 0 Å². The molecule has 1 amide bonds. The van der Waals surface area contributed by atoms with Crippen molar-refractivity contribution in [2.45, 2.75) is 19.9 Å². The number of rotatable bonds is 5. The van der Waals surface area contributed by atoms with Gasteiger partial charge in [0.1, 0.15) is 0 Å². The lowest BCUT2D eigenvalue weighted by molar-refractivity contribution is 0.0944. The maximum atomic E-state index is 13.0. The maximum absolute atomic E-state index is 13.0. The Hall–Kier alpha value is -1.30. The Balaban J connectivity index is 2.75. The van der Waals surface area contributed by atoms with Gasteiger partial charge < -0.3 is 11.1 Å². The minimum absolute atomic E-state index is 0.0396. The van der Waals surface area contributed by atoms with Crippen molar-refractivity contribution in [1.82, 2.24) is 5.32 Å². The molecule has 0 saturated carbocycles. The Morgan fingerprint density at radius 1 is 1.44 bits per heavy atom. The van der Waals surface area contributed by atoms with Gasteiger partial charge in [-0.1, -0.05) is 6.92 Å². The van der Waals surface area contributed by atoms with E-state index in [2.05, 4.69) is 5.32 Å². The number of halogens is 2. The van der Waals surface area contributed by atoms with Gasteiger partial charge in [-0.25, -0.2) is 8.78 Å². The first-order valence-electron chi connectivity index (χ1n) is 5.58. The second-order valence-electron chi connectivity index (χ2n) is 3.89. The van der Waals surface area contributed by atoms with E-state index in [9.17, 15) is 13.6 Å². The molecule has 0 radical (unpaired) electrons. The van der Waals surface area contributed by atoms with Crippen molar-refractivity contribution < 1.29 is 13.6 Å². The normalized spacial score (nSPS) is 12.2. The van der Waals surface area contributed by atoms with Crippen LogP contribution in [0.15, 0.2) is 12.1 Å². The Kier molecular flexibility index (Phi) is 5.40. The fourth-order valence-corrected chi connectivity index (χ4v) is 2.07. The molecule has 100 valence electrons. The highest BCUT2D eigenvalue weighted by atomic mass is 32.2. The predicted molar refractivity (Wildman–Crippen MR) is 70.7 cm³/mol. The number of thioether (sulfide) groups is 1. The number of amides is 1. The smallest absolute Gasteiger partial charge is 0.253 e. The van der Waals surface area contributed by atoms with Crippen molar-refractivity contribution in [2.24, 2.45) is 0 Å². The van der Waals surface area contributed by atoms with Gasteiger partial charge in [-0.3, -0.25) is 4.79 Å². The predicted octanol–water partition coefficient (Wildman–Crippen LogP) is 2.42. The third-order valence-corrected chi connectivity index (χ3v) is 3.43. The second kappa shape index (κ2) is 6.58. The highest BCUT2D eigenvalue weighted by molar-refractivity contribution is 7.99. The van der Waals surface area contributed by atoms with E-state index in [0.29, 0.717) is 0 Å². The largest absolute Gasteiger partial charge is 0.398 e. The average molecular weight is 274 g/mol. The number of carbonyl (C=O) groups excluding carboxylic acids is 1. The molecule has 1 aromatic carbocycles. The number of nitrogen functional groups attached to an aromatic ring is 1. The summed E-state index contributed by atoms with van der Waals surface area (Å²) in [7, 11) is 0. The van der Waals surface area contributed by atoms with Crippen LogP contribution in [0.3, 0.4) is 0 Å². The van der Waals surface area contributed by atoms with Crippen LogP contribution in [0.25, 0.3) is 0 Å². The van der Waals surface area contributed by atoms with E-state index in [4.69, 9.17) is 5.73 Å². The summed E-state index contributed by atoms with van der Waals surface area (Å²) in [6.45, 7) is 3.86. The van der Waals surface area contributed by atoms with E-state index in [0.717, 1.165) is 23.6 Å². The van der Waals surface area contributed by atoms with Gasteiger partial charge in [0.2, 0.25) is 0 Å². The van der Waals surface area contributed by atoms with Gasteiger partial charge in [0, 0.05) is 23.5 Å². The second-order valence-corrected chi connectivity index (χ2v) is 5.21. The summed E-state index contributed by atoms with van der Waals surface area (Å²) < 4.78 is 25.9. The summed E-state index contributed by atoms with van der Waals surface area (Å²) in [5.74, 6) is -0.918. The number of anilines is 1. The van der Waals surface area contributed by atoms with Gasteiger partial charge in [0.15, 0.2) is 11.6 Å². The number of benzene rings is 1. The molecule has 6 heteroatoms. The van der Waals surface area contributed by atoms with Crippen molar-refractivity contribution in [3.63, 3.8) is 0 Å². The molecule has 0 aliphatic heterocycles. The highest BCUT2D eigenvalue weighted by Gasteiger charge is 2.15. The summed E-state index contributed by atoms with van der Waals surface area (Å²) in [5, 5.41) is 2.69. The Bertz CT molecular complexity index is 440. The van der Waals surface area contributed by atoms with Crippen LogP contribution in [0.4, 0.5) is 14.5 Å². The zero-order valence-electron chi connectivity index (χ0n) is 10.3. The van der Waals surface area contributed by atoms with Crippen LogP contribution in [0, 0.1) is 11.6 Å². The van der Waals surface area contributed by atoms with Crippen LogP contribution in [0.2, 0.25) is 0 Å². The topological polar surface area (TPSA) is 55.1 Å². The molecule has 18 heavy (non-hydrogen) atoms. The van der Waals surface area contributed by atoms with Gasteiger partial charge in [0.25, 0.3) is 5.91 Å². The van der Waals surface area contributed by atoms with E-state index in [1.54, 1.807) is 11.8 Å². The summed E-state index contributed by atoms with van der Waals surface area (Å²) in [5.41, 5.74) is 5.39. The SMILES string of the molecule is CCSCC(C)NC(=O)c1cc(F)c(F)cc1N. The standard InChI is InChI=1S/C12H16F2N2OS/c1-3-18-6-7(2)16-12(17)8-4-9(13)10(14)5-11(8)15/h4-5,7H,3,6,15H2,1-2H3,(H,16,17). The first-order valence-corrected chi connectivity index (χ1v) is 6.74. The Morgan fingerprint density at radius 3 is 2.67 bits per heavy atom. The van der Waals surface area contributed by atoms with Gasteiger partial charge in [-0.2, -0.15) is 11.8 Å². The van der Waals surface area contributed by atoms with Crippen molar-refractivity contribution >= 4 is 23.4 Å². The minimum atomic E-state index is -1.08.